The number of carbonyl (C=O) groups excluding carboxylic acids is 1. The molecule has 0 saturated heterocycles. The third-order valence-electron chi connectivity index (χ3n) is 3.74. The highest BCUT2D eigenvalue weighted by molar-refractivity contribution is 7.88. The lowest BCUT2D eigenvalue weighted by atomic mass is 10.1. The number of nitrogens with one attached hydrogen (secondary N) is 2. The molecule has 2 N–H and O–H groups in total. The van der Waals surface area contributed by atoms with Gasteiger partial charge in [-0.25, -0.2) is 17.5 Å². The molecule has 1 fully saturated rings. The number of aryl methyl sites for hydroxylation is 1. The largest absolute Gasteiger partial charge is 0.337 e. The Morgan fingerprint density at radius 1 is 1.22 bits per heavy atom. The van der Waals surface area contributed by atoms with Gasteiger partial charge in [-0.1, -0.05) is 30.3 Å². The minimum Gasteiger partial charge on any atom is -0.337 e. The number of carbonyl (C=O) groups is 1. The summed E-state index contributed by atoms with van der Waals surface area (Å²) in [5.74, 6) is 0. The summed E-state index contributed by atoms with van der Waals surface area (Å²) >= 11 is 0. The van der Waals surface area contributed by atoms with Gasteiger partial charge in [0.2, 0.25) is 10.0 Å². The number of sulfonamides is 1. The number of benzene rings is 1. The van der Waals surface area contributed by atoms with Crippen molar-refractivity contribution >= 4 is 16.1 Å². The molecule has 1 saturated carbocycles. The first-order valence-corrected chi connectivity index (χ1v) is 9.83. The van der Waals surface area contributed by atoms with Crippen LogP contribution in [-0.2, 0) is 16.4 Å². The lowest BCUT2D eigenvalue weighted by Crippen LogP contribution is -2.42. The van der Waals surface area contributed by atoms with Gasteiger partial charge >= 0.3 is 6.03 Å². The molecule has 23 heavy (non-hydrogen) atoms. The molecule has 2 rings (SSSR count). The minimum atomic E-state index is -3.27. The Labute approximate surface area is 138 Å². The van der Waals surface area contributed by atoms with E-state index in [1.54, 1.807) is 0 Å². The molecule has 1 aliphatic rings. The maximum atomic E-state index is 11.8. The molecular formula is C16H25N3O3S. The second-order valence-electron chi connectivity index (χ2n) is 5.93. The van der Waals surface area contributed by atoms with Gasteiger partial charge in [-0.2, -0.15) is 0 Å². The molecule has 7 heteroatoms. The molecule has 0 bridgehead atoms. The third-order valence-corrected chi connectivity index (χ3v) is 5.05. The number of hydrogen-bond acceptors (Lipinski definition) is 3. The molecule has 0 aliphatic heterocycles. The quantitative estimate of drug-likeness (QED) is 0.713. The Morgan fingerprint density at radius 2 is 1.91 bits per heavy atom. The summed E-state index contributed by atoms with van der Waals surface area (Å²) in [4.78, 5) is 11.5. The van der Waals surface area contributed by atoms with E-state index in [0.29, 0.717) is 25.7 Å². The molecule has 0 aromatic heterocycles. The van der Waals surface area contributed by atoms with Crippen molar-refractivity contribution in [2.45, 2.75) is 31.7 Å². The second-order valence-corrected chi connectivity index (χ2v) is 7.91. The van der Waals surface area contributed by atoms with Gasteiger partial charge in [0.25, 0.3) is 0 Å². The van der Waals surface area contributed by atoms with Crippen LogP contribution in [0.4, 0.5) is 4.79 Å². The Bertz CT molecular complexity index is 600. The molecule has 0 radical (unpaired) electrons. The van der Waals surface area contributed by atoms with Crippen molar-refractivity contribution in [3.63, 3.8) is 0 Å². The average molecular weight is 339 g/mol. The van der Waals surface area contributed by atoms with E-state index in [1.807, 2.05) is 30.3 Å². The highest BCUT2D eigenvalue weighted by atomic mass is 32.2. The molecule has 6 nitrogen and oxygen atoms in total. The monoisotopic (exact) mass is 339 g/mol. The Morgan fingerprint density at radius 3 is 2.52 bits per heavy atom. The summed E-state index contributed by atoms with van der Waals surface area (Å²) in [7, 11) is -3.27. The first-order chi connectivity index (χ1) is 10.9. The Hall–Kier alpha value is -1.60. The molecule has 128 valence electrons. The van der Waals surface area contributed by atoms with E-state index < -0.39 is 10.0 Å². The van der Waals surface area contributed by atoms with E-state index in [0.717, 1.165) is 25.7 Å². The third kappa shape index (κ3) is 7.00. The SMILES string of the molecule is CS(=O)(=O)N(CCCc1ccccc1)CCNC(=O)NC1CC1. The number of urea groups is 1. The fourth-order valence-corrected chi connectivity index (χ4v) is 3.19. The fourth-order valence-electron chi connectivity index (χ4n) is 2.31. The maximum Gasteiger partial charge on any atom is 0.315 e. The van der Waals surface area contributed by atoms with Crippen molar-refractivity contribution in [2.24, 2.45) is 0 Å². The van der Waals surface area contributed by atoms with Crippen molar-refractivity contribution in [1.82, 2.24) is 14.9 Å². The van der Waals surface area contributed by atoms with E-state index in [4.69, 9.17) is 0 Å². The molecule has 1 aromatic rings. The van der Waals surface area contributed by atoms with Crippen LogP contribution in [0.25, 0.3) is 0 Å². The van der Waals surface area contributed by atoms with E-state index in [-0.39, 0.29) is 6.03 Å². The van der Waals surface area contributed by atoms with Crippen LogP contribution in [0, 0.1) is 0 Å². The summed E-state index contributed by atoms with van der Waals surface area (Å²) in [5.41, 5.74) is 1.20. The van der Waals surface area contributed by atoms with E-state index in [1.165, 1.54) is 16.1 Å². The normalized spacial score (nSPS) is 14.7. The smallest absolute Gasteiger partial charge is 0.315 e. The van der Waals surface area contributed by atoms with Crippen LogP contribution in [-0.4, -0.2) is 50.7 Å². The lowest BCUT2D eigenvalue weighted by Gasteiger charge is -2.20. The topological polar surface area (TPSA) is 78.5 Å². The van der Waals surface area contributed by atoms with Crippen LogP contribution in [0.5, 0.6) is 0 Å². The molecule has 0 heterocycles. The molecule has 0 unspecified atom stereocenters. The van der Waals surface area contributed by atoms with Gasteiger partial charge in [-0.05, 0) is 31.2 Å². The van der Waals surface area contributed by atoms with Gasteiger partial charge in [-0.15, -0.1) is 0 Å². The number of amides is 2. The van der Waals surface area contributed by atoms with Crippen LogP contribution in [0.15, 0.2) is 30.3 Å². The van der Waals surface area contributed by atoms with Gasteiger partial charge in [-0.3, -0.25) is 0 Å². The van der Waals surface area contributed by atoms with Gasteiger partial charge in [0.1, 0.15) is 0 Å². The van der Waals surface area contributed by atoms with Gasteiger partial charge < -0.3 is 10.6 Å². The van der Waals surface area contributed by atoms with E-state index in [2.05, 4.69) is 10.6 Å². The molecular weight excluding hydrogens is 314 g/mol. The minimum absolute atomic E-state index is 0.217. The fraction of sp³-hybridized carbons (Fsp3) is 0.562. The summed E-state index contributed by atoms with van der Waals surface area (Å²) < 4.78 is 25.1. The zero-order valence-corrected chi connectivity index (χ0v) is 14.3. The van der Waals surface area contributed by atoms with Crippen LogP contribution in [0.1, 0.15) is 24.8 Å². The van der Waals surface area contributed by atoms with Crippen molar-refractivity contribution < 1.29 is 13.2 Å². The second kappa shape index (κ2) is 8.31. The first kappa shape index (κ1) is 17.7. The van der Waals surface area contributed by atoms with Gasteiger partial charge in [0.15, 0.2) is 0 Å². The average Bonchev–Trinajstić information content (AvgIpc) is 3.29. The van der Waals surface area contributed by atoms with E-state index >= 15 is 0 Å². The lowest BCUT2D eigenvalue weighted by molar-refractivity contribution is 0.239. The summed E-state index contributed by atoms with van der Waals surface area (Å²) in [5, 5.41) is 5.52. The van der Waals surface area contributed by atoms with Crippen LogP contribution in [0.2, 0.25) is 0 Å². The van der Waals surface area contributed by atoms with Crippen molar-refractivity contribution in [1.29, 1.82) is 0 Å². The van der Waals surface area contributed by atoms with Gasteiger partial charge in [0, 0.05) is 25.7 Å². The molecule has 1 aromatic carbocycles. The summed E-state index contributed by atoms with van der Waals surface area (Å²) in [6.07, 6.45) is 4.86. The summed E-state index contributed by atoms with van der Waals surface area (Å²) in [6, 6.07) is 10.1. The predicted octanol–water partition coefficient (Wildman–Crippen LogP) is 1.34. The van der Waals surface area contributed by atoms with Crippen LogP contribution < -0.4 is 10.6 Å². The number of rotatable bonds is 9. The number of hydrogen-bond donors (Lipinski definition) is 2. The summed E-state index contributed by atoms with van der Waals surface area (Å²) in [6.45, 7) is 1.07. The zero-order valence-electron chi connectivity index (χ0n) is 13.5. The number of nitrogens with zero attached hydrogens (tertiary/aromatic N) is 1. The van der Waals surface area contributed by atoms with Gasteiger partial charge in [0.05, 0.1) is 6.26 Å². The van der Waals surface area contributed by atoms with Crippen molar-refractivity contribution in [3.8, 4) is 0 Å². The van der Waals surface area contributed by atoms with Crippen molar-refractivity contribution in [2.75, 3.05) is 25.9 Å². The molecule has 0 atom stereocenters. The van der Waals surface area contributed by atoms with Crippen LogP contribution >= 0.6 is 0 Å². The standard InChI is InChI=1S/C16H25N3O3S/c1-23(21,22)19(12-5-8-14-6-3-2-4-7-14)13-11-17-16(20)18-15-9-10-15/h2-4,6-7,15H,5,8-13H2,1H3,(H2,17,18,20). The Balaban J connectivity index is 1.72. The maximum absolute atomic E-state index is 11.8. The molecule has 0 spiro atoms. The highest BCUT2D eigenvalue weighted by Gasteiger charge is 2.23. The first-order valence-electron chi connectivity index (χ1n) is 7.98. The van der Waals surface area contributed by atoms with Crippen molar-refractivity contribution in [3.05, 3.63) is 35.9 Å². The molecule has 2 amide bonds. The Kier molecular flexibility index (Phi) is 6.41. The predicted molar refractivity (Wildman–Crippen MR) is 90.7 cm³/mol. The highest BCUT2D eigenvalue weighted by Crippen LogP contribution is 2.18. The van der Waals surface area contributed by atoms with Crippen LogP contribution in [0.3, 0.4) is 0 Å². The van der Waals surface area contributed by atoms with E-state index in [9.17, 15) is 13.2 Å². The molecule has 1 aliphatic carbocycles. The zero-order chi connectivity index (χ0) is 16.7.